The van der Waals surface area contributed by atoms with E-state index in [1.807, 2.05) is 38.1 Å². The van der Waals surface area contributed by atoms with Crippen LogP contribution in [0.2, 0.25) is 0 Å². The first-order valence-corrected chi connectivity index (χ1v) is 11.7. The Kier molecular flexibility index (Phi) is 5.08. The molecular weight excluding hydrogens is 411 g/mol. The number of benzene rings is 1. The molecule has 1 saturated carbocycles. The highest BCUT2D eigenvalue weighted by Crippen LogP contribution is 2.41. The van der Waals surface area contributed by atoms with Gasteiger partial charge in [-0.2, -0.15) is 0 Å². The molecule has 1 amide bonds. The highest BCUT2D eigenvalue weighted by atomic mass is 32.1. The number of hydrogen-bond acceptors (Lipinski definition) is 5. The molecule has 0 unspecified atom stereocenters. The number of piperidine rings is 2. The Morgan fingerprint density at radius 2 is 2.03 bits per heavy atom. The van der Waals surface area contributed by atoms with Crippen LogP contribution in [-0.2, 0) is 0 Å². The summed E-state index contributed by atoms with van der Waals surface area (Å²) in [6.45, 7) is 6.24. The Morgan fingerprint density at radius 1 is 1.29 bits per heavy atom. The topological polar surface area (TPSA) is 71.2 Å². The van der Waals surface area contributed by atoms with Gasteiger partial charge in [-0.05, 0) is 61.4 Å². The highest BCUT2D eigenvalue weighted by molar-refractivity contribution is 7.21. The average Bonchev–Trinajstić information content (AvgIpc) is 3.07. The Bertz CT molecular complexity index is 1140. The number of aryl methyl sites for hydroxylation is 1. The Morgan fingerprint density at radius 3 is 2.74 bits per heavy atom. The Labute approximate surface area is 185 Å². The number of amides is 1. The second kappa shape index (κ2) is 7.79. The summed E-state index contributed by atoms with van der Waals surface area (Å²) >= 11 is 1.29. The lowest BCUT2D eigenvalue weighted by Gasteiger charge is -2.48. The zero-order chi connectivity index (χ0) is 21.7. The SMILES string of the molecule is Cc1ccc2c(N)c(C(=O)NC[C@H](C)c3ccc(N4CC5CC(C5)C4)cc3F)sc2n1. The van der Waals surface area contributed by atoms with Gasteiger partial charge >= 0.3 is 0 Å². The number of fused-ring (bicyclic) bond motifs is 3. The second-order valence-corrected chi connectivity index (χ2v) is 10.1. The van der Waals surface area contributed by atoms with E-state index in [0.29, 0.717) is 22.7 Å². The van der Waals surface area contributed by atoms with Crippen molar-refractivity contribution in [3.63, 3.8) is 0 Å². The minimum atomic E-state index is -0.241. The molecule has 3 aliphatic rings. The summed E-state index contributed by atoms with van der Waals surface area (Å²) in [6, 6.07) is 9.30. The van der Waals surface area contributed by atoms with E-state index in [1.54, 1.807) is 6.07 Å². The van der Waals surface area contributed by atoms with E-state index in [9.17, 15) is 9.18 Å². The van der Waals surface area contributed by atoms with Gasteiger partial charge in [-0.25, -0.2) is 9.37 Å². The first-order chi connectivity index (χ1) is 14.9. The number of thiophene rings is 1. The van der Waals surface area contributed by atoms with Gasteiger partial charge in [-0.1, -0.05) is 13.0 Å². The minimum absolute atomic E-state index is 0.149. The van der Waals surface area contributed by atoms with Crippen LogP contribution in [0.3, 0.4) is 0 Å². The molecule has 0 radical (unpaired) electrons. The van der Waals surface area contributed by atoms with Crippen molar-refractivity contribution in [1.29, 1.82) is 0 Å². The van der Waals surface area contributed by atoms with Gasteiger partial charge in [0.15, 0.2) is 0 Å². The van der Waals surface area contributed by atoms with Crippen LogP contribution in [0.15, 0.2) is 30.3 Å². The maximum atomic E-state index is 14.9. The average molecular weight is 439 g/mol. The van der Waals surface area contributed by atoms with Crippen molar-refractivity contribution in [2.45, 2.75) is 32.6 Å². The second-order valence-electron chi connectivity index (χ2n) is 9.08. The summed E-state index contributed by atoms with van der Waals surface area (Å²) in [5.41, 5.74) is 9.10. The van der Waals surface area contributed by atoms with Crippen LogP contribution in [0.1, 0.15) is 46.6 Å². The van der Waals surface area contributed by atoms with Crippen LogP contribution in [0, 0.1) is 24.6 Å². The maximum Gasteiger partial charge on any atom is 0.263 e. The molecule has 162 valence electrons. The van der Waals surface area contributed by atoms with Crippen LogP contribution < -0.4 is 16.0 Å². The summed E-state index contributed by atoms with van der Waals surface area (Å²) in [4.78, 5) is 20.7. The summed E-state index contributed by atoms with van der Waals surface area (Å²) in [7, 11) is 0. The van der Waals surface area contributed by atoms with E-state index >= 15 is 0 Å². The van der Waals surface area contributed by atoms with Gasteiger partial charge < -0.3 is 16.0 Å². The predicted molar refractivity (Wildman–Crippen MR) is 124 cm³/mol. The van der Waals surface area contributed by atoms with Crippen LogP contribution in [0.25, 0.3) is 10.2 Å². The number of hydrogen-bond donors (Lipinski definition) is 2. The molecule has 1 atom stereocenters. The molecule has 3 aromatic rings. The smallest absolute Gasteiger partial charge is 0.263 e. The van der Waals surface area contributed by atoms with E-state index in [4.69, 9.17) is 5.73 Å². The van der Waals surface area contributed by atoms with Crippen molar-refractivity contribution < 1.29 is 9.18 Å². The third-order valence-corrected chi connectivity index (χ3v) is 7.79. The molecule has 1 aromatic carbocycles. The normalized spacial score (nSPS) is 21.1. The van der Waals surface area contributed by atoms with Crippen molar-refractivity contribution in [2.75, 3.05) is 30.3 Å². The number of nitrogens with zero attached hydrogens (tertiary/aromatic N) is 2. The number of rotatable bonds is 5. The minimum Gasteiger partial charge on any atom is -0.397 e. The molecule has 3 fully saturated rings. The maximum absolute atomic E-state index is 14.9. The summed E-state index contributed by atoms with van der Waals surface area (Å²) in [5, 5.41) is 3.71. The van der Waals surface area contributed by atoms with E-state index in [-0.39, 0.29) is 17.6 Å². The van der Waals surface area contributed by atoms with Crippen LogP contribution in [0.4, 0.5) is 15.8 Å². The van der Waals surface area contributed by atoms with Crippen LogP contribution in [-0.4, -0.2) is 30.5 Å². The lowest BCUT2D eigenvalue weighted by molar-refractivity contribution is 0.0956. The molecule has 4 heterocycles. The van der Waals surface area contributed by atoms with E-state index in [0.717, 1.165) is 46.5 Å². The van der Waals surface area contributed by atoms with E-state index in [1.165, 1.54) is 24.2 Å². The number of nitrogen functional groups attached to an aromatic ring is 1. The van der Waals surface area contributed by atoms with Gasteiger partial charge in [0.2, 0.25) is 0 Å². The molecule has 1 aliphatic carbocycles. The predicted octanol–water partition coefficient (Wildman–Crippen LogP) is 4.71. The van der Waals surface area contributed by atoms with Crippen molar-refractivity contribution in [3.8, 4) is 0 Å². The molecule has 2 saturated heterocycles. The fraction of sp³-hybridized carbons (Fsp3) is 0.417. The quantitative estimate of drug-likeness (QED) is 0.605. The van der Waals surface area contributed by atoms with Crippen LogP contribution in [0.5, 0.6) is 0 Å². The molecule has 31 heavy (non-hydrogen) atoms. The molecule has 7 heteroatoms. The van der Waals surface area contributed by atoms with Crippen molar-refractivity contribution in [1.82, 2.24) is 10.3 Å². The number of anilines is 2. The first-order valence-electron chi connectivity index (χ1n) is 10.9. The molecule has 2 aromatic heterocycles. The number of pyridine rings is 1. The Balaban J connectivity index is 1.25. The number of halogens is 1. The van der Waals surface area contributed by atoms with E-state index < -0.39 is 0 Å². The van der Waals surface area contributed by atoms with Crippen molar-refractivity contribution in [3.05, 3.63) is 52.3 Å². The highest BCUT2D eigenvalue weighted by Gasteiger charge is 2.37. The first kappa shape index (κ1) is 20.2. The van der Waals surface area contributed by atoms with Gasteiger partial charge in [-0.3, -0.25) is 4.79 Å². The summed E-state index contributed by atoms with van der Waals surface area (Å²) in [6.07, 6.45) is 2.65. The monoisotopic (exact) mass is 438 g/mol. The lowest BCUT2D eigenvalue weighted by atomic mass is 9.71. The largest absolute Gasteiger partial charge is 0.397 e. The zero-order valence-electron chi connectivity index (χ0n) is 17.8. The number of nitrogens with two attached hydrogens (primary N) is 1. The van der Waals surface area contributed by atoms with Gasteiger partial charge in [0.05, 0.1) is 5.69 Å². The van der Waals surface area contributed by atoms with Crippen molar-refractivity contribution >= 4 is 38.8 Å². The molecule has 3 N–H and O–H groups in total. The summed E-state index contributed by atoms with van der Waals surface area (Å²) in [5.74, 6) is 0.949. The third-order valence-electron chi connectivity index (χ3n) is 6.68. The number of nitrogens with one attached hydrogen (secondary N) is 1. The fourth-order valence-electron chi connectivity index (χ4n) is 4.89. The number of carbonyl (C=O) groups is 1. The number of aromatic nitrogens is 1. The third kappa shape index (κ3) is 3.76. The van der Waals surface area contributed by atoms with Crippen LogP contribution >= 0.6 is 11.3 Å². The molecule has 6 rings (SSSR count). The molecular formula is C24H27FN4OS. The summed E-state index contributed by atoms with van der Waals surface area (Å²) < 4.78 is 14.9. The van der Waals surface area contributed by atoms with Gasteiger partial charge in [0, 0.05) is 42.3 Å². The molecule has 2 bridgehead atoms. The number of carbonyl (C=O) groups excluding carboxylic acids is 1. The van der Waals surface area contributed by atoms with Crippen molar-refractivity contribution in [2.24, 2.45) is 11.8 Å². The molecule has 5 nitrogen and oxygen atoms in total. The van der Waals surface area contributed by atoms with Gasteiger partial charge in [0.1, 0.15) is 15.5 Å². The zero-order valence-corrected chi connectivity index (χ0v) is 18.6. The van der Waals surface area contributed by atoms with Gasteiger partial charge in [0.25, 0.3) is 5.91 Å². The standard InChI is InChI=1S/C24H27FN4OS/c1-13(10-27-23(30)22-21(26)19-5-3-14(2)28-24(19)31-22)18-6-4-17(9-20(18)25)29-11-15-7-16(8-15)12-29/h3-6,9,13,15-16H,7-8,10-12,26H2,1-2H3,(H,27,30)/t13-,15?,16?/m0/s1. The molecule has 2 aliphatic heterocycles. The van der Waals surface area contributed by atoms with Gasteiger partial charge in [-0.15, -0.1) is 11.3 Å². The van der Waals surface area contributed by atoms with E-state index in [2.05, 4.69) is 15.2 Å². The lowest BCUT2D eigenvalue weighted by Crippen LogP contribution is -2.48. The molecule has 0 spiro atoms. The Hall–Kier alpha value is -2.67. The fourth-order valence-corrected chi connectivity index (χ4v) is 5.94.